The second-order valence-corrected chi connectivity index (χ2v) is 7.53. The zero-order valence-electron chi connectivity index (χ0n) is 17.4. The van der Waals surface area contributed by atoms with Gasteiger partial charge < -0.3 is 15.6 Å². The molecule has 0 fully saturated rings. The molecule has 0 saturated heterocycles. The zero-order chi connectivity index (χ0) is 22.2. The van der Waals surface area contributed by atoms with Crippen molar-refractivity contribution in [2.75, 3.05) is 23.7 Å². The maximum Gasteiger partial charge on any atom is 0.417 e. The van der Waals surface area contributed by atoms with Gasteiger partial charge in [0.15, 0.2) is 5.95 Å². The number of hydrogen-bond donors (Lipinski definition) is 2. The molecule has 4 rings (SSSR count). The highest BCUT2D eigenvalue weighted by Gasteiger charge is 2.34. The Morgan fingerprint density at radius 1 is 1.03 bits per heavy atom. The number of rotatable bonds is 6. The highest BCUT2D eigenvalue weighted by atomic mass is 19.4. The Labute approximate surface area is 178 Å². The molecule has 0 unspecified atom stereocenters. The quantitative estimate of drug-likeness (QED) is 0.396. The van der Waals surface area contributed by atoms with Crippen LogP contribution in [0.1, 0.15) is 32.3 Å². The lowest BCUT2D eigenvalue weighted by Gasteiger charge is -2.25. The van der Waals surface area contributed by atoms with Crippen LogP contribution in [-0.4, -0.2) is 28.0 Å². The lowest BCUT2D eigenvalue weighted by atomic mass is 9.95. The highest BCUT2D eigenvalue weighted by Crippen LogP contribution is 2.42. The first-order valence-electron chi connectivity index (χ1n) is 10.3. The van der Waals surface area contributed by atoms with E-state index in [0.29, 0.717) is 16.6 Å². The van der Waals surface area contributed by atoms with Crippen LogP contribution in [0.3, 0.4) is 0 Å². The van der Waals surface area contributed by atoms with E-state index >= 15 is 0 Å². The van der Waals surface area contributed by atoms with Gasteiger partial charge >= 0.3 is 6.18 Å². The smallest absolute Gasteiger partial charge is 0.369 e. The van der Waals surface area contributed by atoms with Gasteiger partial charge in [0.05, 0.1) is 22.0 Å². The number of aromatic nitrogens is 3. The molecule has 0 radical (unpaired) electrons. The first kappa shape index (κ1) is 21.0. The molecule has 8 heteroatoms. The van der Waals surface area contributed by atoms with E-state index in [2.05, 4.69) is 33.7 Å². The SMILES string of the molecule is CCCN(CCC)c1nc(N)[nH]c2cc(-c3ccccc3C(F)(F)F)c3nccc3c12. The molecule has 3 N–H and O–H groups in total. The van der Waals surface area contributed by atoms with Crippen molar-refractivity contribution >= 4 is 33.6 Å². The molecule has 0 atom stereocenters. The average molecular weight is 427 g/mol. The van der Waals surface area contributed by atoms with Gasteiger partial charge in [0.1, 0.15) is 5.82 Å². The number of aromatic amines is 1. The van der Waals surface area contributed by atoms with Gasteiger partial charge in [0, 0.05) is 30.2 Å². The third-order valence-corrected chi connectivity index (χ3v) is 5.30. The molecule has 5 nitrogen and oxygen atoms in total. The molecule has 0 bridgehead atoms. The van der Waals surface area contributed by atoms with E-state index in [1.165, 1.54) is 12.1 Å². The predicted octanol–water partition coefficient (Wildman–Crippen LogP) is 6.01. The normalized spacial score (nSPS) is 12.0. The fourth-order valence-corrected chi connectivity index (χ4v) is 4.12. The molecule has 0 aliphatic heterocycles. The number of nitrogens with zero attached hydrogens (tertiary/aromatic N) is 3. The standard InChI is InChI=1S/C23H24F3N5/c1-3-11-31(12-4-2)21-19-15-9-10-28-20(15)16(13-18(19)29-22(27)30-21)14-7-5-6-8-17(14)23(24,25)26/h5-10,13H,3-4,11-12H2,1-2H3,(H3,27,29,30). The minimum Gasteiger partial charge on any atom is -0.369 e. The van der Waals surface area contributed by atoms with Gasteiger partial charge in [0.25, 0.3) is 0 Å². The largest absolute Gasteiger partial charge is 0.417 e. The van der Waals surface area contributed by atoms with Crippen LogP contribution in [0, 0.1) is 0 Å². The Kier molecular flexibility index (Phi) is 5.47. The summed E-state index contributed by atoms with van der Waals surface area (Å²) in [5, 5.41) is 1.57. The van der Waals surface area contributed by atoms with Crippen LogP contribution < -0.4 is 10.6 Å². The monoisotopic (exact) mass is 427 g/mol. The minimum absolute atomic E-state index is 0.0879. The van der Waals surface area contributed by atoms with Crippen LogP contribution in [0.5, 0.6) is 0 Å². The molecule has 0 saturated carbocycles. The Balaban J connectivity index is 2.06. The number of anilines is 2. The van der Waals surface area contributed by atoms with E-state index in [-0.39, 0.29) is 11.5 Å². The summed E-state index contributed by atoms with van der Waals surface area (Å²) in [6.07, 6.45) is -0.994. The number of H-pyrrole nitrogens is 1. The molecule has 31 heavy (non-hydrogen) atoms. The van der Waals surface area contributed by atoms with Crippen molar-refractivity contribution in [1.29, 1.82) is 0 Å². The zero-order valence-corrected chi connectivity index (χ0v) is 17.4. The molecule has 2 aromatic heterocycles. The summed E-state index contributed by atoms with van der Waals surface area (Å²) in [5.41, 5.74) is 7.02. The molecule has 0 amide bonds. The van der Waals surface area contributed by atoms with E-state index in [1.54, 1.807) is 18.3 Å². The van der Waals surface area contributed by atoms with Crippen molar-refractivity contribution < 1.29 is 13.2 Å². The maximum absolute atomic E-state index is 13.7. The summed E-state index contributed by atoms with van der Waals surface area (Å²) in [6, 6.07) is 9.08. The molecule has 2 aromatic carbocycles. The van der Waals surface area contributed by atoms with Crippen molar-refractivity contribution in [3.05, 3.63) is 48.2 Å². The Hall–Kier alpha value is -3.29. The molecular weight excluding hydrogens is 403 g/mol. The van der Waals surface area contributed by atoms with E-state index in [0.717, 1.165) is 48.6 Å². The summed E-state index contributed by atoms with van der Waals surface area (Å²) >= 11 is 0. The van der Waals surface area contributed by atoms with Gasteiger partial charge in [0.2, 0.25) is 0 Å². The van der Waals surface area contributed by atoms with Gasteiger partial charge in [-0.1, -0.05) is 32.0 Å². The number of nitrogen functional groups attached to an aromatic ring is 1. The number of benzene rings is 2. The average Bonchev–Trinajstić information content (AvgIpc) is 3.21. The van der Waals surface area contributed by atoms with Gasteiger partial charge in [-0.3, -0.25) is 4.98 Å². The second kappa shape index (κ2) is 8.09. The van der Waals surface area contributed by atoms with E-state index in [9.17, 15) is 13.2 Å². The van der Waals surface area contributed by atoms with Crippen molar-refractivity contribution in [3.63, 3.8) is 0 Å². The topological polar surface area (TPSA) is 70.8 Å². The first-order chi connectivity index (χ1) is 14.8. The van der Waals surface area contributed by atoms with Crippen LogP contribution in [0.4, 0.5) is 24.9 Å². The Morgan fingerprint density at radius 2 is 1.74 bits per heavy atom. The van der Waals surface area contributed by atoms with Crippen molar-refractivity contribution in [2.45, 2.75) is 32.9 Å². The van der Waals surface area contributed by atoms with Gasteiger partial charge in [-0.25, -0.2) is 0 Å². The number of fused-ring (bicyclic) bond motifs is 3. The van der Waals surface area contributed by atoms with Crippen molar-refractivity contribution in [2.24, 2.45) is 0 Å². The molecule has 162 valence electrons. The summed E-state index contributed by atoms with van der Waals surface area (Å²) < 4.78 is 41.1. The second-order valence-electron chi connectivity index (χ2n) is 7.53. The number of nitrogens with one attached hydrogen (secondary N) is 1. The Morgan fingerprint density at radius 3 is 2.42 bits per heavy atom. The first-order valence-corrected chi connectivity index (χ1v) is 10.3. The molecular formula is C23H24F3N5. The lowest BCUT2D eigenvalue weighted by molar-refractivity contribution is -0.137. The van der Waals surface area contributed by atoms with Crippen LogP contribution in [0.25, 0.3) is 32.9 Å². The Bertz CT molecular complexity index is 1220. The van der Waals surface area contributed by atoms with E-state index in [4.69, 9.17) is 5.73 Å². The van der Waals surface area contributed by atoms with Crippen LogP contribution in [0.15, 0.2) is 42.6 Å². The van der Waals surface area contributed by atoms with Crippen molar-refractivity contribution in [3.8, 4) is 11.1 Å². The van der Waals surface area contributed by atoms with Gasteiger partial charge in [-0.2, -0.15) is 18.2 Å². The minimum atomic E-state index is -4.48. The summed E-state index contributed by atoms with van der Waals surface area (Å²) in [7, 11) is 0. The van der Waals surface area contributed by atoms with E-state index in [1.807, 2.05) is 6.07 Å². The summed E-state index contributed by atoms with van der Waals surface area (Å²) in [4.78, 5) is 14.2. The third-order valence-electron chi connectivity index (χ3n) is 5.30. The number of halogens is 3. The summed E-state index contributed by atoms with van der Waals surface area (Å²) in [5.74, 6) is 0.942. The van der Waals surface area contributed by atoms with Crippen LogP contribution in [-0.2, 0) is 6.18 Å². The fraction of sp³-hybridized carbons (Fsp3) is 0.304. The van der Waals surface area contributed by atoms with Crippen LogP contribution in [0.2, 0.25) is 0 Å². The molecule has 0 aliphatic carbocycles. The van der Waals surface area contributed by atoms with Gasteiger partial charge in [-0.05, 0) is 36.6 Å². The number of alkyl halides is 3. The van der Waals surface area contributed by atoms with Crippen molar-refractivity contribution in [1.82, 2.24) is 15.0 Å². The van der Waals surface area contributed by atoms with Crippen LogP contribution >= 0.6 is 0 Å². The van der Waals surface area contributed by atoms with Gasteiger partial charge in [-0.15, -0.1) is 0 Å². The maximum atomic E-state index is 13.7. The fourth-order valence-electron chi connectivity index (χ4n) is 4.12. The third kappa shape index (κ3) is 3.78. The predicted molar refractivity (Wildman–Crippen MR) is 119 cm³/mol. The van der Waals surface area contributed by atoms with E-state index < -0.39 is 11.7 Å². The number of hydrogen-bond acceptors (Lipinski definition) is 4. The lowest BCUT2D eigenvalue weighted by Crippen LogP contribution is -2.26. The summed E-state index contributed by atoms with van der Waals surface area (Å²) in [6.45, 7) is 5.78. The highest BCUT2D eigenvalue weighted by molar-refractivity contribution is 6.16. The molecule has 2 heterocycles. The number of nitrogens with two attached hydrogens (primary N) is 1. The molecule has 0 spiro atoms. The molecule has 4 aromatic rings. The molecule has 0 aliphatic rings.